The highest BCUT2D eigenvalue weighted by Gasteiger charge is 2.14. The number of aromatic nitrogens is 4. The van der Waals surface area contributed by atoms with Crippen LogP contribution in [-0.2, 0) is 0 Å². The predicted octanol–water partition coefficient (Wildman–Crippen LogP) is 2.86. The van der Waals surface area contributed by atoms with E-state index >= 15 is 0 Å². The van der Waals surface area contributed by atoms with E-state index in [1.54, 1.807) is 7.11 Å². The van der Waals surface area contributed by atoms with Crippen molar-refractivity contribution in [1.82, 2.24) is 19.5 Å². The summed E-state index contributed by atoms with van der Waals surface area (Å²) in [4.78, 5) is 11.5. The van der Waals surface area contributed by atoms with Crippen molar-refractivity contribution in [2.24, 2.45) is 0 Å². The topological polar surface area (TPSA) is 55.7 Å². The van der Waals surface area contributed by atoms with Crippen LogP contribution < -0.4 is 4.74 Å². The van der Waals surface area contributed by atoms with E-state index in [1.165, 1.54) is 6.33 Å². The van der Waals surface area contributed by atoms with Gasteiger partial charge in [-0.2, -0.15) is 4.98 Å². The largest absolute Gasteiger partial charge is 0.479 e. The Kier molecular flexibility index (Phi) is 3.42. The molecule has 2 heterocycles. The summed E-state index contributed by atoms with van der Waals surface area (Å²) in [5, 5.41) is 0. The highest BCUT2D eigenvalue weighted by atomic mass is 32.1. The second-order valence-corrected chi connectivity index (χ2v) is 4.41. The van der Waals surface area contributed by atoms with E-state index in [-0.39, 0.29) is 0 Å². The first kappa shape index (κ1) is 12.0. The fourth-order valence-corrected chi connectivity index (χ4v) is 2.40. The Labute approximate surface area is 105 Å². The van der Waals surface area contributed by atoms with E-state index in [0.29, 0.717) is 16.7 Å². The number of fused-ring (bicyclic) bond motifs is 1. The van der Waals surface area contributed by atoms with Crippen LogP contribution in [0.15, 0.2) is 6.33 Å². The van der Waals surface area contributed by atoms with Gasteiger partial charge in [0.2, 0.25) is 5.88 Å². The maximum atomic E-state index is 5.33. The molecule has 0 bridgehead atoms. The summed E-state index contributed by atoms with van der Waals surface area (Å²) in [6.45, 7) is 4.30. The summed E-state index contributed by atoms with van der Waals surface area (Å²) >= 11 is 5.33. The van der Waals surface area contributed by atoms with Crippen LogP contribution in [0.4, 0.5) is 0 Å². The number of imidazole rings is 1. The zero-order chi connectivity index (χ0) is 12.4. The van der Waals surface area contributed by atoms with Crippen LogP contribution in [0.3, 0.4) is 0 Å². The van der Waals surface area contributed by atoms with Crippen molar-refractivity contribution in [2.75, 3.05) is 7.11 Å². The lowest BCUT2D eigenvalue weighted by Crippen LogP contribution is -2.05. The molecule has 0 radical (unpaired) electrons. The molecular formula is C11H16N4OS. The first-order valence-electron chi connectivity index (χ1n) is 5.68. The highest BCUT2D eigenvalue weighted by Crippen LogP contribution is 2.24. The average molecular weight is 252 g/mol. The van der Waals surface area contributed by atoms with Crippen LogP contribution in [0.2, 0.25) is 0 Å². The molecule has 0 aliphatic heterocycles. The van der Waals surface area contributed by atoms with Crippen molar-refractivity contribution >= 4 is 23.4 Å². The lowest BCUT2D eigenvalue weighted by molar-refractivity contribution is 0.401. The summed E-state index contributed by atoms with van der Waals surface area (Å²) in [7, 11) is 1.59. The summed E-state index contributed by atoms with van der Waals surface area (Å²) in [6.07, 6.45) is 3.67. The third kappa shape index (κ3) is 2.04. The van der Waals surface area contributed by atoms with Gasteiger partial charge in [0.25, 0.3) is 0 Å². The Balaban J connectivity index is 2.64. The minimum absolute atomic E-state index is 0.320. The van der Waals surface area contributed by atoms with Gasteiger partial charge < -0.3 is 9.72 Å². The molecule has 17 heavy (non-hydrogen) atoms. The second kappa shape index (κ2) is 4.83. The van der Waals surface area contributed by atoms with Crippen LogP contribution in [0, 0.1) is 4.77 Å². The van der Waals surface area contributed by atoms with Gasteiger partial charge in [-0.3, -0.25) is 4.57 Å². The molecule has 1 atom stereocenters. The molecule has 0 aliphatic carbocycles. The first-order chi connectivity index (χ1) is 8.19. The van der Waals surface area contributed by atoms with Crippen molar-refractivity contribution < 1.29 is 4.74 Å². The molecule has 6 heteroatoms. The maximum Gasteiger partial charge on any atom is 0.242 e. The number of rotatable bonds is 4. The first-order valence-corrected chi connectivity index (χ1v) is 6.09. The molecule has 0 saturated heterocycles. The van der Waals surface area contributed by atoms with Gasteiger partial charge in [-0.05, 0) is 25.6 Å². The van der Waals surface area contributed by atoms with Gasteiger partial charge in [0.1, 0.15) is 11.8 Å². The Hall–Kier alpha value is -1.43. The van der Waals surface area contributed by atoms with Gasteiger partial charge >= 0.3 is 0 Å². The number of H-pyrrole nitrogens is 1. The van der Waals surface area contributed by atoms with Gasteiger partial charge in [-0.15, -0.1) is 0 Å². The van der Waals surface area contributed by atoms with E-state index in [2.05, 4.69) is 28.8 Å². The lowest BCUT2D eigenvalue weighted by atomic mass is 10.2. The molecule has 0 aliphatic rings. The average Bonchev–Trinajstić information content (AvgIpc) is 2.65. The van der Waals surface area contributed by atoms with E-state index in [9.17, 15) is 0 Å². The number of hydrogen-bond donors (Lipinski definition) is 1. The quantitative estimate of drug-likeness (QED) is 0.850. The van der Waals surface area contributed by atoms with Crippen molar-refractivity contribution in [3.05, 3.63) is 11.1 Å². The van der Waals surface area contributed by atoms with Gasteiger partial charge in [-0.1, -0.05) is 13.3 Å². The van der Waals surface area contributed by atoms with Crippen molar-refractivity contribution in [1.29, 1.82) is 0 Å². The molecule has 2 rings (SSSR count). The molecule has 92 valence electrons. The van der Waals surface area contributed by atoms with E-state index in [4.69, 9.17) is 17.0 Å². The molecule has 0 aromatic carbocycles. The molecule has 0 saturated carbocycles. The SMILES string of the molecule is CCCC(C)n1c(=S)[nH]c2c(OC)ncnc21. The van der Waals surface area contributed by atoms with Crippen molar-refractivity contribution in [3.8, 4) is 5.88 Å². The number of aromatic amines is 1. The fraction of sp³-hybridized carbons (Fsp3) is 0.545. The summed E-state index contributed by atoms with van der Waals surface area (Å²) < 4.78 is 7.89. The Morgan fingerprint density at radius 1 is 1.53 bits per heavy atom. The summed E-state index contributed by atoms with van der Waals surface area (Å²) in [5.41, 5.74) is 1.57. The van der Waals surface area contributed by atoms with Crippen LogP contribution in [0.25, 0.3) is 11.2 Å². The Bertz CT molecular complexity index is 574. The summed E-state index contributed by atoms with van der Waals surface area (Å²) in [6, 6.07) is 0.320. The lowest BCUT2D eigenvalue weighted by Gasteiger charge is -2.12. The molecule has 2 aromatic rings. The van der Waals surface area contributed by atoms with Crippen molar-refractivity contribution in [2.45, 2.75) is 32.7 Å². The molecule has 1 N–H and O–H groups in total. The van der Waals surface area contributed by atoms with Gasteiger partial charge in [-0.25, -0.2) is 4.98 Å². The standard InChI is InChI=1S/C11H16N4OS/c1-4-5-7(2)15-9-8(14-11(15)17)10(16-3)13-6-12-9/h6-7H,4-5H2,1-3H3,(H,14,17). The molecule has 0 spiro atoms. The second-order valence-electron chi connectivity index (χ2n) is 4.02. The van der Waals surface area contributed by atoms with E-state index in [1.807, 2.05) is 4.57 Å². The monoisotopic (exact) mass is 252 g/mol. The minimum atomic E-state index is 0.320. The third-order valence-corrected chi connectivity index (χ3v) is 3.11. The van der Waals surface area contributed by atoms with E-state index in [0.717, 1.165) is 24.0 Å². The minimum Gasteiger partial charge on any atom is -0.479 e. The molecule has 2 aromatic heterocycles. The van der Waals surface area contributed by atoms with Crippen LogP contribution in [-0.4, -0.2) is 26.6 Å². The number of methoxy groups -OCH3 is 1. The molecular weight excluding hydrogens is 236 g/mol. The smallest absolute Gasteiger partial charge is 0.242 e. The normalized spacial score (nSPS) is 12.9. The number of nitrogens with one attached hydrogen (secondary N) is 1. The van der Waals surface area contributed by atoms with Gasteiger partial charge in [0, 0.05) is 6.04 Å². The van der Waals surface area contributed by atoms with E-state index < -0.39 is 0 Å². The van der Waals surface area contributed by atoms with Crippen LogP contribution in [0.1, 0.15) is 32.7 Å². The molecule has 5 nitrogen and oxygen atoms in total. The number of hydrogen-bond acceptors (Lipinski definition) is 4. The molecule has 1 unspecified atom stereocenters. The zero-order valence-corrected chi connectivity index (χ0v) is 11.0. The number of ether oxygens (including phenoxy) is 1. The summed E-state index contributed by atoms with van der Waals surface area (Å²) in [5.74, 6) is 0.531. The van der Waals surface area contributed by atoms with Gasteiger partial charge in [0.15, 0.2) is 10.4 Å². The fourth-order valence-electron chi connectivity index (χ4n) is 2.03. The molecule has 0 fully saturated rings. The molecule has 0 amide bonds. The maximum absolute atomic E-state index is 5.33. The van der Waals surface area contributed by atoms with Crippen LogP contribution >= 0.6 is 12.2 Å². The number of nitrogens with zero attached hydrogens (tertiary/aromatic N) is 3. The van der Waals surface area contributed by atoms with Crippen molar-refractivity contribution in [3.63, 3.8) is 0 Å². The highest BCUT2D eigenvalue weighted by molar-refractivity contribution is 7.71. The van der Waals surface area contributed by atoms with Crippen LogP contribution in [0.5, 0.6) is 5.88 Å². The Morgan fingerprint density at radius 2 is 2.29 bits per heavy atom. The Morgan fingerprint density at radius 3 is 2.94 bits per heavy atom. The third-order valence-electron chi connectivity index (χ3n) is 2.81. The van der Waals surface area contributed by atoms with Gasteiger partial charge in [0.05, 0.1) is 7.11 Å². The zero-order valence-electron chi connectivity index (χ0n) is 10.2. The predicted molar refractivity (Wildman–Crippen MR) is 68.9 cm³/mol.